The SMILES string of the molecule is COc1cc(NCc2cc[nH]c2)ccc1NC(C)=O. The fourth-order valence-corrected chi connectivity index (χ4v) is 1.77. The normalized spacial score (nSPS) is 10.0. The lowest BCUT2D eigenvalue weighted by atomic mass is 10.2. The molecule has 5 heteroatoms. The molecular formula is C14H17N3O2. The number of nitrogens with one attached hydrogen (secondary N) is 3. The van der Waals surface area contributed by atoms with Crippen LogP contribution in [0.2, 0.25) is 0 Å². The first-order valence-electron chi connectivity index (χ1n) is 6.00. The number of rotatable bonds is 5. The van der Waals surface area contributed by atoms with E-state index in [1.54, 1.807) is 7.11 Å². The Morgan fingerprint density at radius 3 is 2.84 bits per heavy atom. The van der Waals surface area contributed by atoms with Crippen molar-refractivity contribution in [3.05, 3.63) is 42.2 Å². The monoisotopic (exact) mass is 259 g/mol. The number of ether oxygens (including phenoxy) is 1. The van der Waals surface area contributed by atoms with Crippen molar-refractivity contribution in [2.24, 2.45) is 0 Å². The molecule has 1 aromatic carbocycles. The average Bonchev–Trinajstić information content (AvgIpc) is 2.90. The first-order valence-corrected chi connectivity index (χ1v) is 6.00. The zero-order valence-electron chi connectivity index (χ0n) is 11.0. The summed E-state index contributed by atoms with van der Waals surface area (Å²) in [5.74, 6) is 0.514. The van der Waals surface area contributed by atoms with E-state index in [4.69, 9.17) is 4.74 Å². The minimum Gasteiger partial charge on any atom is -0.494 e. The van der Waals surface area contributed by atoms with Crippen LogP contribution in [0.3, 0.4) is 0 Å². The van der Waals surface area contributed by atoms with Crippen LogP contribution in [-0.4, -0.2) is 18.0 Å². The molecule has 0 spiro atoms. The summed E-state index contributed by atoms with van der Waals surface area (Å²) in [6, 6.07) is 7.59. The van der Waals surface area contributed by atoms with Gasteiger partial charge in [-0.3, -0.25) is 4.79 Å². The fourth-order valence-electron chi connectivity index (χ4n) is 1.77. The van der Waals surface area contributed by atoms with Crippen LogP contribution in [0.4, 0.5) is 11.4 Å². The molecule has 1 amide bonds. The molecule has 0 radical (unpaired) electrons. The van der Waals surface area contributed by atoms with Crippen LogP contribution < -0.4 is 15.4 Å². The summed E-state index contributed by atoms with van der Waals surface area (Å²) in [4.78, 5) is 14.1. The van der Waals surface area contributed by atoms with Gasteiger partial charge in [0.25, 0.3) is 0 Å². The van der Waals surface area contributed by atoms with E-state index in [0.717, 1.165) is 12.2 Å². The number of aromatic amines is 1. The smallest absolute Gasteiger partial charge is 0.221 e. The Labute approximate surface area is 112 Å². The molecule has 1 aromatic heterocycles. The van der Waals surface area contributed by atoms with E-state index in [0.29, 0.717) is 11.4 Å². The van der Waals surface area contributed by atoms with Gasteiger partial charge in [-0.05, 0) is 23.8 Å². The summed E-state index contributed by atoms with van der Waals surface area (Å²) in [6.07, 6.45) is 3.83. The number of carbonyl (C=O) groups is 1. The second kappa shape index (κ2) is 5.95. The summed E-state index contributed by atoms with van der Waals surface area (Å²) < 4.78 is 5.26. The van der Waals surface area contributed by atoms with Gasteiger partial charge in [0.15, 0.2) is 0 Å². The minimum atomic E-state index is -0.119. The number of methoxy groups -OCH3 is 1. The Balaban J connectivity index is 2.07. The maximum Gasteiger partial charge on any atom is 0.221 e. The topological polar surface area (TPSA) is 66.2 Å². The Morgan fingerprint density at radius 2 is 2.21 bits per heavy atom. The third-order valence-corrected chi connectivity index (χ3v) is 2.67. The number of H-pyrrole nitrogens is 1. The van der Waals surface area contributed by atoms with Crippen molar-refractivity contribution in [1.82, 2.24) is 4.98 Å². The van der Waals surface area contributed by atoms with Crippen LogP contribution in [0, 0.1) is 0 Å². The summed E-state index contributed by atoms with van der Waals surface area (Å²) in [7, 11) is 1.58. The van der Waals surface area contributed by atoms with Gasteiger partial charge < -0.3 is 20.4 Å². The molecule has 2 rings (SSSR count). The van der Waals surface area contributed by atoms with Crippen LogP contribution in [0.5, 0.6) is 5.75 Å². The zero-order valence-corrected chi connectivity index (χ0v) is 11.0. The van der Waals surface area contributed by atoms with Crippen molar-refractivity contribution >= 4 is 17.3 Å². The van der Waals surface area contributed by atoms with E-state index in [1.165, 1.54) is 12.5 Å². The number of hydrogen-bond donors (Lipinski definition) is 3. The molecule has 19 heavy (non-hydrogen) atoms. The third-order valence-electron chi connectivity index (χ3n) is 2.67. The van der Waals surface area contributed by atoms with Crippen molar-refractivity contribution in [2.75, 3.05) is 17.7 Å². The van der Waals surface area contributed by atoms with Gasteiger partial charge in [0.05, 0.1) is 12.8 Å². The molecule has 0 atom stereocenters. The number of hydrogen-bond acceptors (Lipinski definition) is 3. The summed E-state index contributed by atoms with van der Waals surface area (Å²) in [5.41, 5.74) is 2.78. The van der Waals surface area contributed by atoms with Gasteiger partial charge in [-0.15, -0.1) is 0 Å². The van der Waals surface area contributed by atoms with Crippen LogP contribution >= 0.6 is 0 Å². The highest BCUT2D eigenvalue weighted by Gasteiger charge is 2.05. The van der Waals surface area contributed by atoms with Gasteiger partial charge in [0, 0.05) is 37.6 Å². The predicted octanol–water partition coefficient (Wildman–Crippen LogP) is 2.59. The Kier molecular flexibility index (Phi) is 4.07. The summed E-state index contributed by atoms with van der Waals surface area (Å²) in [6.45, 7) is 2.20. The van der Waals surface area contributed by atoms with Crippen LogP contribution in [-0.2, 0) is 11.3 Å². The first-order chi connectivity index (χ1) is 9.19. The lowest BCUT2D eigenvalue weighted by molar-refractivity contribution is -0.114. The molecule has 0 aliphatic rings. The first kappa shape index (κ1) is 13.0. The molecule has 0 saturated heterocycles. The predicted molar refractivity (Wildman–Crippen MR) is 75.4 cm³/mol. The quantitative estimate of drug-likeness (QED) is 0.773. The summed E-state index contributed by atoms with van der Waals surface area (Å²) in [5, 5.41) is 6.01. The summed E-state index contributed by atoms with van der Waals surface area (Å²) >= 11 is 0. The van der Waals surface area contributed by atoms with E-state index < -0.39 is 0 Å². The number of aromatic nitrogens is 1. The molecule has 0 bridgehead atoms. The maximum absolute atomic E-state index is 11.1. The van der Waals surface area contributed by atoms with Crippen molar-refractivity contribution in [1.29, 1.82) is 0 Å². The zero-order chi connectivity index (χ0) is 13.7. The molecule has 0 unspecified atom stereocenters. The minimum absolute atomic E-state index is 0.119. The highest BCUT2D eigenvalue weighted by Crippen LogP contribution is 2.28. The number of carbonyl (C=O) groups excluding carboxylic acids is 1. The van der Waals surface area contributed by atoms with Gasteiger partial charge in [-0.2, -0.15) is 0 Å². The molecular weight excluding hydrogens is 242 g/mol. The highest BCUT2D eigenvalue weighted by molar-refractivity contribution is 5.90. The largest absolute Gasteiger partial charge is 0.494 e. The molecule has 0 aliphatic heterocycles. The van der Waals surface area contributed by atoms with Gasteiger partial charge in [0.1, 0.15) is 5.75 Å². The molecule has 0 fully saturated rings. The molecule has 0 aliphatic carbocycles. The Hall–Kier alpha value is -2.43. The van der Waals surface area contributed by atoms with Crippen molar-refractivity contribution in [3.8, 4) is 5.75 Å². The molecule has 0 saturated carbocycles. The van der Waals surface area contributed by atoms with Crippen LogP contribution in [0.15, 0.2) is 36.7 Å². The number of anilines is 2. The van der Waals surface area contributed by atoms with Gasteiger partial charge in [-0.25, -0.2) is 0 Å². The van der Waals surface area contributed by atoms with E-state index in [-0.39, 0.29) is 5.91 Å². The second-order valence-corrected chi connectivity index (χ2v) is 4.17. The third kappa shape index (κ3) is 3.51. The second-order valence-electron chi connectivity index (χ2n) is 4.17. The van der Waals surface area contributed by atoms with Crippen LogP contribution in [0.1, 0.15) is 12.5 Å². The van der Waals surface area contributed by atoms with Crippen molar-refractivity contribution < 1.29 is 9.53 Å². The molecule has 5 nitrogen and oxygen atoms in total. The number of benzene rings is 1. The number of amides is 1. The van der Waals surface area contributed by atoms with E-state index in [9.17, 15) is 4.79 Å². The van der Waals surface area contributed by atoms with Gasteiger partial charge in [0.2, 0.25) is 5.91 Å². The highest BCUT2D eigenvalue weighted by atomic mass is 16.5. The van der Waals surface area contributed by atoms with Gasteiger partial charge in [-0.1, -0.05) is 0 Å². The molecule has 100 valence electrons. The lowest BCUT2D eigenvalue weighted by Gasteiger charge is -2.12. The Bertz CT molecular complexity index is 550. The van der Waals surface area contributed by atoms with E-state index in [1.807, 2.05) is 36.7 Å². The molecule has 3 N–H and O–H groups in total. The van der Waals surface area contributed by atoms with E-state index in [2.05, 4.69) is 15.6 Å². The average molecular weight is 259 g/mol. The fraction of sp³-hybridized carbons (Fsp3) is 0.214. The van der Waals surface area contributed by atoms with Crippen molar-refractivity contribution in [2.45, 2.75) is 13.5 Å². The maximum atomic E-state index is 11.1. The molecule has 1 heterocycles. The molecule has 2 aromatic rings. The lowest BCUT2D eigenvalue weighted by Crippen LogP contribution is -2.07. The van der Waals surface area contributed by atoms with Crippen molar-refractivity contribution in [3.63, 3.8) is 0 Å². The van der Waals surface area contributed by atoms with E-state index >= 15 is 0 Å². The standard InChI is InChI=1S/C14H17N3O2/c1-10(18)17-13-4-3-12(7-14(13)19-2)16-9-11-5-6-15-8-11/h3-8,15-16H,9H2,1-2H3,(H,17,18). The van der Waals surface area contributed by atoms with Crippen LogP contribution in [0.25, 0.3) is 0 Å². The van der Waals surface area contributed by atoms with Gasteiger partial charge >= 0.3 is 0 Å². The Morgan fingerprint density at radius 1 is 1.37 bits per heavy atom.